The summed E-state index contributed by atoms with van der Waals surface area (Å²) in [5.41, 5.74) is 2.70. The Labute approximate surface area is 171 Å². The molecule has 1 aliphatic heterocycles. The minimum atomic E-state index is -0.127. The number of rotatable bonds is 6. The highest BCUT2D eigenvalue weighted by molar-refractivity contribution is 6.00. The molecule has 0 radical (unpaired) electrons. The van der Waals surface area contributed by atoms with Crippen LogP contribution in [-0.2, 0) is 11.3 Å². The van der Waals surface area contributed by atoms with Crippen LogP contribution in [0.3, 0.4) is 0 Å². The second-order valence-corrected chi connectivity index (χ2v) is 7.31. The van der Waals surface area contributed by atoms with Gasteiger partial charge in [-0.1, -0.05) is 35.9 Å². The number of aryl methyl sites for hydroxylation is 1. The Balaban J connectivity index is 1.57. The number of hydrogen-bond acceptors (Lipinski definition) is 4. The van der Waals surface area contributed by atoms with E-state index in [0.717, 1.165) is 5.56 Å². The van der Waals surface area contributed by atoms with E-state index in [0.29, 0.717) is 49.5 Å². The van der Waals surface area contributed by atoms with Gasteiger partial charge in [-0.15, -0.1) is 0 Å². The van der Waals surface area contributed by atoms with Crippen LogP contribution in [0.1, 0.15) is 34.3 Å². The summed E-state index contributed by atoms with van der Waals surface area (Å²) < 4.78 is 10.7. The van der Waals surface area contributed by atoms with Crippen molar-refractivity contribution in [3.05, 3.63) is 59.2 Å². The van der Waals surface area contributed by atoms with Crippen LogP contribution in [0.4, 0.5) is 0 Å². The molecule has 1 heterocycles. The van der Waals surface area contributed by atoms with Gasteiger partial charge in [0, 0.05) is 25.6 Å². The maximum Gasteiger partial charge on any atom is 0.261 e. The lowest BCUT2D eigenvalue weighted by atomic mass is 9.95. The number of nitrogens with one attached hydrogen (secondary N) is 1. The van der Waals surface area contributed by atoms with Gasteiger partial charge in [0.15, 0.2) is 0 Å². The average molecular weight is 396 g/mol. The number of benzene rings is 2. The van der Waals surface area contributed by atoms with Crippen LogP contribution in [0.5, 0.6) is 11.5 Å². The van der Waals surface area contributed by atoms with Crippen molar-refractivity contribution < 1.29 is 19.1 Å². The van der Waals surface area contributed by atoms with Crippen molar-refractivity contribution in [3.63, 3.8) is 0 Å². The molecule has 1 saturated heterocycles. The molecule has 0 aliphatic carbocycles. The predicted molar refractivity (Wildman–Crippen MR) is 111 cm³/mol. The van der Waals surface area contributed by atoms with Gasteiger partial charge in [0.1, 0.15) is 17.1 Å². The van der Waals surface area contributed by atoms with Gasteiger partial charge in [0.05, 0.1) is 14.2 Å². The lowest BCUT2D eigenvalue weighted by molar-refractivity contribution is -0.126. The number of amides is 2. The van der Waals surface area contributed by atoms with E-state index < -0.39 is 0 Å². The Morgan fingerprint density at radius 2 is 1.66 bits per heavy atom. The minimum Gasteiger partial charge on any atom is -0.496 e. The largest absolute Gasteiger partial charge is 0.496 e. The molecule has 1 aliphatic rings. The number of likely N-dealkylation sites (tertiary alicyclic amines) is 1. The van der Waals surface area contributed by atoms with Gasteiger partial charge in [-0.3, -0.25) is 9.59 Å². The summed E-state index contributed by atoms with van der Waals surface area (Å²) in [5.74, 6) is 0.828. The third kappa shape index (κ3) is 4.88. The van der Waals surface area contributed by atoms with Gasteiger partial charge < -0.3 is 19.7 Å². The van der Waals surface area contributed by atoms with Crippen molar-refractivity contribution in [1.29, 1.82) is 0 Å². The van der Waals surface area contributed by atoms with E-state index in [4.69, 9.17) is 9.47 Å². The number of nitrogens with zero attached hydrogens (tertiary/aromatic N) is 1. The van der Waals surface area contributed by atoms with Crippen LogP contribution in [0.2, 0.25) is 0 Å². The van der Waals surface area contributed by atoms with Crippen LogP contribution < -0.4 is 14.8 Å². The van der Waals surface area contributed by atoms with Crippen LogP contribution in [0.15, 0.2) is 42.5 Å². The standard InChI is InChI=1S/C23H28N2O4/c1-16-6-4-7-17(14-16)15-24-22(26)18-10-12-25(13-11-18)23(27)21-19(28-2)8-5-9-20(21)29-3/h4-9,14,18H,10-13,15H2,1-3H3,(H,24,26). The molecular formula is C23H28N2O4. The molecule has 1 fully saturated rings. The molecule has 0 saturated carbocycles. The zero-order chi connectivity index (χ0) is 20.8. The fourth-order valence-electron chi connectivity index (χ4n) is 3.72. The fourth-order valence-corrected chi connectivity index (χ4v) is 3.72. The highest BCUT2D eigenvalue weighted by Gasteiger charge is 2.30. The zero-order valence-electron chi connectivity index (χ0n) is 17.2. The quantitative estimate of drug-likeness (QED) is 0.814. The number of methoxy groups -OCH3 is 2. The Hall–Kier alpha value is -3.02. The van der Waals surface area contributed by atoms with E-state index in [9.17, 15) is 9.59 Å². The van der Waals surface area contributed by atoms with Crippen molar-refractivity contribution in [2.45, 2.75) is 26.3 Å². The van der Waals surface area contributed by atoms with Gasteiger partial charge in [0.25, 0.3) is 5.91 Å². The third-order valence-electron chi connectivity index (χ3n) is 5.34. The first-order chi connectivity index (χ1) is 14.0. The first-order valence-electron chi connectivity index (χ1n) is 9.87. The molecule has 0 unspecified atom stereocenters. The third-order valence-corrected chi connectivity index (χ3v) is 5.34. The van der Waals surface area contributed by atoms with Crippen molar-refractivity contribution in [3.8, 4) is 11.5 Å². The van der Waals surface area contributed by atoms with E-state index in [-0.39, 0.29) is 17.7 Å². The Morgan fingerprint density at radius 3 is 2.24 bits per heavy atom. The number of piperidine rings is 1. The molecule has 0 bridgehead atoms. The molecule has 0 aromatic heterocycles. The van der Waals surface area contributed by atoms with Gasteiger partial charge in [0.2, 0.25) is 5.91 Å². The summed E-state index contributed by atoms with van der Waals surface area (Å²) in [6.45, 7) is 3.62. The van der Waals surface area contributed by atoms with E-state index in [1.807, 2.05) is 25.1 Å². The second kappa shape index (κ2) is 9.45. The lowest BCUT2D eigenvalue weighted by Gasteiger charge is -2.32. The van der Waals surface area contributed by atoms with E-state index in [2.05, 4.69) is 11.4 Å². The maximum atomic E-state index is 13.0. The monoisotopic (exact) mass is 396 g/mol. The maximum absolute atomic E-state index is 13.0. The number of carbonyl (C=O) groups excluding carboxylic acids is 2. The molecule has 6 nitrogen and oxygen atoms in total. The van der Waals surface area contributed by atoms with E-state index in [1.54, 1.807) is 23.1 Å². The topological polar surface area (TPSA) is 67.9 Å². The van der Waals surface area contributed by atoms with Crippen molar-refractivity contribution in [2.75, 3.05) is 27.3 Å². The Kier molecular flexibility index (Phi) is 6.75. The zero-order valence-corrected chi connectivity index (χ0v) is 17.2. The molecule has 2 amide bonds. The first kappa shape index (κ1) is 20.7. The van der Waals surface area contributed by atoms with Gasteiger partial charge in [-0.2, -0.15) is 0 Å². The highest BCUT2D eigenvalue weighted by Crippen LogP contribution is 2.31. The molecule has 0 atom stereocenters. The first-order valence-corrected chi connectivity index (χ1v) is 9.87. The second-order valence-electron chi connectivity index (χ2n) is 7.31. The van der Waals surface area contributed by atoms with Gasteiger partial charge >= 0.3 is 0 Å². The summed E-state index contributed by atoms with van der Waals surface area (Å²) in [4.78, 5) is 27.4. The van der Waals surface area contributed by atoms with Crippen LogP contribution in [0.25, 0.3) is 0 Å². The molecule has 0 spiro atoms. The van der Waals surface area contributed by atoms with Gasteiger partial charge in [-0.05, 0) is 37.5 Å². The Bertz CT molecular complexity index is 851. The molecule has 2 aromatic rings. The van der Waals surface area contributed by atoms with E-state index >= 15 is 0 Å². The summed E-state index contributed by atoms with van der Waals surface area (Å²) in [6.07, 6.45) is 1.28. The molecular weight excluding hydrogens is 368 g/mol. The highest BCUT2D eigenvalue weighted by atomic mass is 16.5. The molecule has 3 rings (SSSR count). The van der Waals surface area contributed by atoms with Crippen LogP contribution in [-0.4, -0.2) is 44.0 Å². The molecule has 1 N–H and O–H groups in total. The summed E-state index contributed by atoms with van der Waals surface area (Å²) in [6, 6.07) is 13.4. The molecule has 6 heteroatoms. The average Bonchev–Trinajstić information content (AvgIpc) is 2.76. The van der Waals surface area contributed by atoms with Crippen molar-refractivity contribution >= 4 is 11.8 Å². The molecule has 29 heavy (non-hydrogen) atoms. The minimum absolute atomic E-state index is 0.0495. The fraction of sp³-hybridized carbons (Fsp3) is 0.391. The van der Waals surface area contributed by atoms with Crippen LogP contribution in [0, 0.1) is 12.8 Å². The van der Waals surface area contributed by atoms with Crippen molar-refractivity contribution in [1.82, 2.24) is 10.2 Å². The normalized spacial score (nSPS) is 14.4. The van der Waals surface area contributed by atoms with Gasteiger partial charge in [-0.25, -0.2) is 0 Å². The lowest BCUT2D eigenvalue weighted by Crippen LogP contribution is -2.43. The smallest absolute Gasteiger partial charge is 0.261 e. The summed E-state index contributed by atoms with van der Waals surface area (Å²) in [5, 5.41) is 3.03. The number of ether oxygens (including phenoxy) is 2. The summed E-state index contributed by atoms with van der Waals surface area (Å²) in [7, 11) is 3.08. The Morgan fingerprint density at radius 1 is 1.03 bits per heavy atom. The van der Waals surface area contributed by atoms with Crippen LogP contribution >= 0.6 is 0 Å². The van der Waals surface area contributed by atoms with E-state index in [1.165, 1.54) is 19.8 Å². The SMILES string of the molecule is COc1cccc(OC)c1C(=O)N1CCC(C(=O)NCc2cccc(C)c2)CC1. The van der Waals surface area contributed by atoms with Crippen molar-refractivity contribution in [2.24, 2.45) is 5.92 Å². The summed E-state index contributed by atoms with van der Waals surface area (Å²) >= 11 is 0. The number of hydrogen-bond donors (Lipinski definition) is 1. The molecule has 2 aromatic carbocycles. The predicted octanol–water partition coefficient (Wildman–Crippen LogP) is 3.18. The number of carbonyl (C=O) groups is 2. The molecule has 154 valence electrons.